The number of nitrogens with one attached hydrogen (secondary N) is 1. The zero-order valence-electron chi connectivity index (χ0n) is 18.2. The Labute approximate surface area is 182 Å². The number of hydrogen-bond donors (Lipinski definition) is 1. The number of piperidine rings is 1. The summed E-state index contributed by atoms with van der Waals surface area (Å²) in [5, 5.41) is 3.53. The lowest BCUT2D eigenvalue weighted by Crippen LogP contribution is -2.63. The first kappa shape index (κ1) is 20.0. The van der Waals surface area contributed by atoms with Gasteiger partial charge in [0.25, 0.3) is 0 Å². The molecule has 31 heavy (non-hydrogen) atoms. The highest BCUT2D eigenvalue weighted by Crippen LogP contribution is 2.51. The van der Waals surface area contributed by atoms with Crippen LogP contribution in [0.25, 0.3) is 0 Å². The summed E-state index contributed by atoms with van der Waals surface area (Å²) in [7, 11) is 3.50. The molecule has 3 aliphatic rings. The molecular formula is C24H28N4O3. The van der Waals surface area contributed by atoms with E-state index in [0.717, 1.165) is 23.2 Å². The van der Waals surface area contributed by atoms with E-state index in [-0.39, 0.29) is 23.8 Å². The minimum Gasteiger partial charge on any atom is -0.353 e. The minimum absolute atomic E-state index is 0.0685. The summed E-state index contributed by atoms with van der Waals surface area (Å²) in [6.07, 6.45) is 3.31. The number of likely N-dealkylation sites (tertiary alicyclic amines) is 2. The Morgan fingerprint density at radius 3 is 2.48 bits per heavy atom. The maximum absolute atomic E-state index is 13.9. The average Bonchev–Trinajstić information content (AvgIpc) is 3.38. The predicted octanol–water partition coefficient (Wildman–Crippen LogP) is 1.77. The lowest BCUT2D eigenvalue weighted by Gasteiger charge is -2.42. The van der Waals surface area contributed by atoms with Crippen molar-refractivity contribution in [2.75, 3.05) is 13.6 Å². The Morgan fingerprint density at radius 1 is 1.06 bits per heavy atom. The van der Waals surface area contributed by atoms with Crippen molar-refractivity contribution in [3.8, 4) is 0 Å². The summed E-state index contributed by atoms with van der Waals surface area (Å²) in [5.74, 6) is -1.73. The van der Waals surface area contributed by atoms with Crippen molar-refractivity contribution in [1.29, 1.82) is 0 Å². The molecule has 1 N–H and O–H groups in total. The molecule has 3 saturated heterocycles. The van der Waals surface area contributed by atoms with Crippen LogP contribution in [0, 0.1) is 18.8 Å². The number of hydrogen-bond acceptors (Lipinski definition) is 4. The third-order valence-electron chi connectivity index (χ3n) is 7.38. The molecule has 3 amide bonds. The van der Waals surface area contributed by atoms with Crippen molar-refractivity contribution in [2.24, 2.45) is 18.9 Å². The predicted molar refractivity (Wildman–Crippen MR) is 115 cm³/mol. The molecule has 162 valence electrons. The second kappa shape index (κ2) is 7.05. The number of imide groups is 1. The second-order valence-corrected chi connectivity index (χ2v) is 9.18. The SMILES string of the molecule is Cc1ccc([C@H]2N[C@]3(CCCN(Cc4cccn4C)C3=O)[C@H]3C(=O)N(C)C(=O)[C@@H]23)cc1. The van der Waals surface area contributed by atoms with Gasteiger partial charge in [-0.25, -0.2) is 0 Å². The normalized spacial score (nSPS) is 30.5. The number of carbonyl (C=O) groups excluding carboxylic acids is 3. The molecule has 0 radical (unpaired) electrons. The first-order valence-electron chi connectivity index (χ1n) is 10.9. The summed E-state index contributed by atoms with van der Waals surface area (Å²) in [5.41, 5.74) is 2.07. The fourth-order valence-electron chi connectivity index (χ4n) is 5.68. The zero-order valence-corrected chi connectivity index (χ0v) is 18.2. The van der Waals surface area contributed by atoms with Crippen LogP contribution in [0.15, 0.2) is 42.6 Å². The lowest BCUT2D eigenvalue weighted by molar-refractivity contribution is -0.149. The smallest absolute Gasteiger partial charge is 0.244 e. The number of amides is 3. The molecule has 0 unspecified atom stereocenters. The number of nitrogens with zero attached hydrogens (tertiary/aromatic N) is 3. The Balaban J connectivity index is 1.54. The summed E-state index contributed by atoms with van der Waals surface area (Å²) in [6, 6.07) is 11.6. The fourth-order valence-corrected chi connectivity index (χ4v) is 5.68. The first-order valence-corrected chi connectivity index (χ1v) is 10.9. The van der Waals surface area contributed by atoms with E-state index in [4.69, 9.17) is 0 Å². The minimum atomic E-state index is -1.04. The highest BCUT2D eigenvalue weighted by Gasteiger charge is 2.68. The molecule has 2 aromatic rings. The van der Waals surface area contributed by atoms with Crippen molar-refractivity contribution in [2.45, 2.75) is 37.9 Å². The van der Waals surface area contributed by atoms with Crippen LogP contribution in [0.2, 0.25) is 0 Å². The van der Waals surface area contributed by atoms with E-state index in [2.05, 4.69) is 5.32 Å². The van der Waals surface area contributed by atoms with Crippen molar-refractivity contribution < 1.29 is 14.4 Å². The molecule has 4 heterocycles. The van der Waals surface area contributed by atoms with Gasteiger partial charge in [-0.2, -0.15) is 0 Å². The summed E-state index contributed by atoms with van der Waals surface area (Å²) in [6.45, 7) is 3.16. The highest BCUT2D eigenvalue weighted by atomic mass is 16.2. The van der Waals surface area contributed by atoms with Crippen LogP contribution in [0.1, 0.15) is 35.7 Å². The van der Waals surface area contributed by atoms with Crippen LogP contribution in [0.5, 0.6) is 0 Å². The lowest BCUT2D eigenvalue weighted by atomic mass is 9.74. The number of rotatable bonds is 3. The average molecular weight is 421 g/mol. The Hall–Kier alpha value is -2.93. The largest absolute Gasteiger partial charge is 0.353 e. The molecule has 0 saturated carbocycles. The summed E-state index contributed by atoms with van der Waals surface area (Å²) >= 11 is 0. The van der Waals surface area contributed by atoms with Crippen LogP contribution < -0.4 is 5.32 Å². The maximum Gasteiger partial charge on any atom is 0.244 e. The van der Waals surface area contributed by atoms with Crippen LogP contribution in [0.3, 0.4) is 0 Å². The summed E-state index contributed by atoms with van der Waals surface area (Å²) in [4.78, 5) is 43.3. The van der Waals surface area contributed by atoms with Gasteiger partial charge in [0.15, 0.2) is 0 Å². The highest BCUT2D eigenvalue weighted by molar-refractivity contribution is 6.10. The molecule has 1 aromatic heterocycles. The van der Waals surface area contributed by atoms with E-state index in [1.807, 2.05) is 66.0 Å². The number of carbonyl (C=O) groups is 3. The Kier molecular flexibility index (Phi) is 4.55. The van der Waals surface area contributed by atoms with Gasteiger partial charge in [0.05, 0.1) is 18.4 Å². The van der Waals surface area contributed by atoms with Gasteiger partial charge in [-0.05, 0) is 37.5 Å². The molecule has 0 bridgehead atoms. The molecule has 4 atom stereocenters. The molecule has 1 aromatic carbocycles. The van der Waals surface area contributed by atoms with Crippen molar-refractivity contribution in [3.63, 3.8) is 0 Å². The number of aromatic nitrogens is 1. The van der Waals surface area contributed by atoms with E-state index in [0.29, 0.717) is 19.5 Å². The van der Waals surface area contributed by atoms with Gasteiger partial charge in [0.1, 0.15) is 5.54 Å². The van der Waals surface area contributed by atoms with E-state index < -0.39 is 17.4 Å². The van der Waals surface area contributed by atoms with Crippen LogP contribution >= 0.6 is 0 Å². The van der Waals surface area contributed by atoms with E-state index in [9.17, 15) is 14.4 Å². The van der Waals surface area contributed by atoms with E-state index in [1.54, 1.807) is 0 Å². The molecule has 5 rings (SSSR count). The van der Waals surface area contributed by atoms with Gasteiger partial charge in [0, 0.05) is 38.6 Å². The fraction of sp³-hybridized carbons (Fsp3) is 0.458. The number of benzene rings is 1. The number of aryl methyl sites for hydroxylation is 2. The van der Waals surface area contributed by atoms with Gasteiger partial charge in [-0.1, -0.05) is 29.8 Å². The molecule has 3 aliphatic heterocycles. The van der Waals surface area contributed by atoms with Gasteiger partial charge in [-0.15, -0.1) is 0 Å². The van der Waals surface area contributed by atoms with Crippen LogP contribution in [0.4, 0.5) is 0 Å². The first-order chi connectivity index (χ1) is 14.8. The van der Waals surface area contributed by atoms with Gasteiger partial charge in [-0.3, -0.25) is 24.6 Å². The third-order valence-corrected chi connectivity index (χ3v) is 7.38. The van der Waals surface area contributed by atoms with Crippen LogP contribution in [-0.2, 0) is 28.0 Å². The standard InChI is InChI=1S/C24H28N4O3/c1-15-7-9-16(10-8-15)20-18-19(22(30)27(3)21(18)29)24(25-20)11-5-13-28(23(24)31)14-17-6-4-12-26(17)2/h4,6-10,12,18-20,25H,5,11,13-14H2,1-3H3/t18-,19-,20-,24-/m1/s1. The molecule has 3 fully saturated rings. The maximum atomic E-state index is 13.9. The Morgan fingerprint density at radius 2 is 1.81 bits per heavy atom. The number of fused-ring (bicyclic) bond motifs is 2. The summed E-state index contributed by atoms with van der Waals surface area (Å²) < 4.78 is 2.01. The van der Waals surface area contributed by atoms with Gasteiger partial charge in [0.2, 0.25) is 17.7 Å². The van der Waals surface area contributed by atoms with E-state index >= 15 is 0 Å². The van der Waals surface area contributed by atoms with Crippen molar-refractivity contribution in [3.05, 3.63) is 59.4 Å². The topological polar surface area (TPSA) is 74.7 Å². The molecule has 0 aliphatic carbocycles. The molecule has 7 nitrogen and oxygen atoms in total. The van der Waals surface area contributed by atoms with Crippen LogP contribution in [-0.4, -0.2) is 51.2 Å². The molecule has 1 spiro atoms. The monoisotopic (exact) mass is 420 g/mol. The van der Waals surface area contributed by atoms with E-state index in [1.165, 1.54) is 11.9 Å². The van der Waals surface area contributed by atoms with Crippen molar-refractivity contribution >= 4 is 17.7 Å². The molecular weight excluding hydrogens is 392 g/mol. The third kappa shape index (κ3) is 2.86. The Bertz CT molecular complexity index is 1060. The molecule has 7 heteroatoms. The second-order valence-electron chi connectivity index (χ2n) is 9.18. The van der Waals surface area contributed by atoms with Crippen molar-refractivity contribution in [1.82, 2.24) is 19.7 Å². The van der Waals surface area contributed by atoms with Gasteiger partial charge < -0.3 is 9.47 Å². The quantitative estimate of drug-likeness (QED) is 0.768. The zero-order chi connectivity index (χ0) is 21.9. The van der Waals surface area contributed by atoms with Gasteiger partial charge >= 0.3 is 0 Å².